The highest BCUT2D eigenvalue weighted by atomic mass is 32.1. The zero-order valence-corrected chi connectivity index (χ0v) is 17.6. The van der Waals surface area contributed by atoms with Crippen LogP contribution >= 0.6 is 12.2 Å². The second-order valence-electron chi connectivity index (χ2n) is 6.47. The number of nitrogens with zero attached hydrogens (tertiary/aromatic N) is 3. The lowest BCUT2D eigenvalue weighted by atomic mass is 10.1. The molecule has 0 bridgehead atoms. The number of hydrogen-bond acceptors (Lipinski definition) is 7. The maximum Gasteiger partial charge on any atom is 0.163 e. The van der Waals surface area contributed by atoms with E-state index in [1.54, 1.807) is 11.8 Å². The van der Waals surface area contributed by atoms with Crippen LogP contribution in [0.5, 0.6) is 11.5 Å². The van der Waals surface area contributed by atoms with Gasteiger partial charge in [0.2, 0.25) is 0 Å². The highest BCUT2D eigenvalue weighted by molar-refractivity contribution is 7.80. The van der Waals surface area contributed by atoms with Crippen molar-refractivity contribution in [2.24, 2.45) is 5.73 Å². The first-order chi connectivity index (χ1) is 14.0. The molecule has 2 aromatic rings. The van der Waals surface area contributed by atoms with Crippen LogP contribution in [0.25, 0.3) is 0 Å². The first kappa shape index (κ1) is 22.9. The van der Waals surface area contributed by atoms with Crippen molar-refractivity contribution in [2.45, 2.75) is 45.1 Å². The van der Waals surface area contributed by atoms with Gasteiger partial charge in [-0.1, -0.05) is 11.3 Å². The molecule has 3 rings (SSSR count). The molecule has 1 fully saturated rings. The second kappa shape index (κ2) is 12.2. The molecule has 1 aliphatic heterocycles. The van der Waals surface area contributed by atoms with E-state index >= 15 is 0 Å². The van der Waals surface area contributed by atoms with E-state index < -0.39 is 0 Å². The number of aromatic nitrogens is 3. The Morgan fingerprint density at radius 1 is 1.45 bits per heavy atom. The normalized spacial score (nSPS) is 18.3. The van der Waals surface area contributed by atoms with Gasteiger partial charge in [-0.3, -0.25) is 0 Å². The second-order valence-corrected chi connectivity index (χ2v) is 6.90. The van der Waals surface area contributed by atoms with Crippen molar-refractivity contribution in [3.05, 3.63) is 36.2 Å². The van der Waals surface area contributed by atoms with Crippen LogP contribution in [-0.2, 0) is 17.9 Å². The van der Waals surface area contributed by atoms with E-state index in [2.05, 4.69) is 27.8 Å². The van der Waals surface area contributed by atoms with Gasteiger partial charge in [-0.2, -0.15) is 0 Å². The molecular formula is C19H29N5O4S. The molecule has 0 amide bonds. The van der Waals surface area contributed by atoms with Crippen LogP contribution in [0.2, 0.25) is 0 Å². The number of aliphatic hydroxyl groups is 1. The van der Waals surface area contributed by atoms with E-state index in [9.17, 15) is 5.11 Å². The van der Waals surface area contributed by atoms with Gasteiger partial charge in [0.1, 0.15) is 23.8 Å². The summed E-state index contributed by atoms with van der Waals surface area (Å²) in [4.78, 5) is 0. The molecule has 0 radical (unpaired) electrons. The van der Waals surface area contributed by atoms with Crippen LogP contribution < -0.4 is 20.5 Å². The van der Waals surface area contributed by atoms with Crippen molar-refractivity contribution in [3.8, 4) is 11.5 Å². The third-order valence-electron chi connectivity index (χ3n) is 4.10. The fourth-order valence-electron chi connectivity index (χ4n) is 2.71. The van der Waals surface area contributed by atoms with E-state index in [4.69, 9.17) is 19.9 Å². The first-order valence-electron chi connectivity index (χ1n) is 9.49. The average molecular weight is 424 g/mol. The summed E-state index contributed by atoms with van der Waals surface area (Å²) in [7, 11) is 1.62. The van der Waals surface area contributed by atoms with E-state index in [0.717, 1.165) is 23.7 Å². The molecule has 1 aromatic heterocycles. The van der Waals surface area contributed by atoms with E-state index in [1.165, 1.54) is 0 Å². The lowest BCUT2D eigenvalue weighted by Crippen LogP contribution is -2.32. The Balaban J connectivity index is 0.000000438. The van der Waals surface area contributed by atoms with Crippen molar-refractivity contribution in [1.82, 2.24) is 20.3 Å². The molecule has 1 saturated heterocycles. The lowest BCUT2D eigenvalue weighted by molar-refractivity contribution is -0.0512. The van der Waals surface area contributed by atoms with Crippen molar-refractivity contribution in [2.75, 3.05) is 20.3 Å². The summed E-state index contributed by atoms with van der Waals surface area (Å²) in [5, 5.41) is 20.9. The number of hydrogen-bond donors (Lipinski definition) is 3. The van der Waals surface area contributed by atoms with Gasteiger partial charge in [0.15, 0.2) is 5.11 Å². The maximum absolute atomic E-state index is 9.66. The monoisotopic (exact) mass is 423 g/mol. The number of aliphatic hydroxyl groups excluding tert-OH is 1. The molecule has 160 valence electrons. The Morgan fingerprint density at radius 3 is 2.90 bits per heavy atom. The number of benzene rings is 1. The molecule has 10 heteroatoms. The van der Waals surface area contributed by atoms with Crippen molar-refractivity contribution in [1.29, 1.82) is 0 Å². The van der Waals surface area contributed by atoms with Gasteiger partial charge in [-0.25, -0.2) is 4.68 Å². The summed E-state index contributed by atoms with van der Waals surface area (Å²) >= 11 is 4.46. The minimum absolute atomic E-state index is 0.0207. The maximum atomic E-state index is 9.66. The van der Waals surface area contributed by atoms with Gasteiger partial charge in [-0.15, -0.1) is 5.10 Å². The minimum Gasteiger partial charge on any atom is -0.497 e. The summed E-state index contributed by atoms with van der Waals surface area (Å²) < 4.78 is 18.2. The molecule has 1 aliphatic rings. The Kier molecular flexibility index (Phi) is 9.62. The fraction of sp³-hybridized carbons (Fsp3) is 0.526. The van der Waals surface area contributed by atoms with Gasteiger partial charge in [0.25, 0.3) is 0 Å². The Labute approximate surface area is 176 Å². The molecule has 2 heterocycles. The van der Waals surface area contributed by atoms with Crippen LogP contribution in [-0.4, -0.2) is 57.7 Å². The molecule has 1 aromatic carbocycles. The van der Waals surface area contributed by atoms with Crippen molar-refractivity contribution >= 4 is 17.3 Å². The number of ether oxygens (including phenoxy) is 3. The molecular weight excluding hydrogens is 394 g/mol. The first-order valence-corrected chi connectivity index (χ1v) is 9.89. The van der Waals surface area contributed by atoms with E-state index in [0.29, 0.717) is 37.7 Å². The molecule has 2 unspecified atom stereocenters. The van der Waals surface area contributed by atoms with Crippen LogP contribution in [0.4, 0.5) is 0 Å². The summed E-state index contributed by atoms with van der Waals surface area (Å²) in [5.74, 6) is 1.47. The van der Waals surface area contributed by atoms with Gasteiger partial charge in [0, 0.05) is 25.6 Å². The Bertz CT molecular complexity index is 758. The van der Waals surface area contributed by atoms with Gasteiger partial charge < -0.3 is 30.4 Å². The number of nitrogens with one attached hydrogen (secondary N) is 1. The van der Waals surface area contributed by atoms with Crippen molar-refractivity contribution < 1.29 is 19.3 Å². The predicted molar refractivity (Wildman–Crippen MR) is 113 cm³/mol. The topological polar surface area (TPSA) is 117 Å². The van der Waals surface area contributed by atoms with Crippen LogP contribution in [0.15, 0.2) is 30.5 Å². The number of thiocarbonyl (C=S) groups is 1. The molecule has 4 N–H and O–H groups in total. The van der Waals surface area contributed by atoms with E-state index in [-0.39, 0.29) is 12.2 Å². The molecule has 0 aliphatic carbocycles. The fourth-order valence-corrected chi connectivity index (χ4v) is 2.86. The Morgan fingerprint density at radius 2 is 2.24 bits per heavy atom. The van der Waals surface area contributed by atoms with Crippen LogP contribution in [0, 0.1) is 0 Å². The zero-order chi connectivity index (χ0) is 21.1. The van der Waals surface area contributed by atoms with Crippen molar-refractivity contribution in [3.63, 3.8) is 0 Å². The zero-order valence-electron chi connectivity index (χ0n) is 16.8. The standard InChI is InChI=1S/C16H21N3O4.C3H8N2S/c1-21-14-3-2-4-15(8-14)23-11-12-9-19(18-17-12)10-16-7-13(20)5-6-22-16;1-2-5-3(4)6/h2-4,8-9,13,16,20H,5-7,10-11H2,1H3;2H2,1H3,(H3,4,5,6). The Hall–Kier alpha value is -2.43. The smallest absolute Gasteiger partial charge is 0.163 e. The SMILES string of the molecule is CCNC(N)=S.COc1cccc(OCc2cn(CC3CC(O)CCO3)nn2)c1. The van der Waals surface area contributed by atoms with Crippen LogP contribution in [0.1, 0.15) is 25.5 Å². The van der Waals surface area contributed by atoms with Crippen LogP contribution in [0.3, 0.4) is 0 Å². The average Bonchev–Trinajstić information content (AvgIpc) is 3.14. The summed E-state index contributed by atoms with van der Waals surface area (Å²) in [5.41, 5.74) is 5.76. The highest BCUT2D eigenvalue weighted by Crippen LogP contribution is 2.20. The number of nitrogens with two attached hydrogens (primary N) is 1. The van der Waals surface area contributed by atoms with E-state index in [1.807, 2.05) is 37.4 Å². The third kappa shape index (κ3) is 8.63. The highest BCUT2D eigenvalue weighted by Gasteiger charge is 2.21. The lowest BCUT2D eigenvalue weighted by Gasteiger charge is -2.26. The van der Waals surface area contributed by atoms with Gasteiger partial charge in [0.05, 0.1) is 32.1 Å². The molecule has 29 heavy (non-hydrogen) atoms. The quantitative estimate of drug-likeness (QED) is 0.566. The predicted octanol–water partition coefficient (Wildman–Crippen LogP) is 1.25. The largest absolute Gasteiger partial charge is 0.497 e. The van der Waals surface area contributed by atoms with Gasteiger partial charge >= 0.3 is 0 Å². The minimum atomic E-state index is -0.284. The number of methoxy groups -OCH3 is 1. The summed E-state index contributed by atoms with van der Waals surface area (Å²) in [6, 6.07) is 7.42. The molecule has 0 saturated carbocycles. The summed E-state index contributed by atoms with van der Waals surface area (Å²) in [6.45, 7) is 4.27. The van der Waals surface area contributed by atoms with Gasteiger partial charge in [-0.05, 0) is 37.7 Å². The molecule has 2 atom stereocenters. The molecule has 0 spiro atoms. The third-order valence-corrected chi connectivity index (χ3v) is 4.24. The number of rotatable bonds is 7. The summed E-state index contributed by atoms with van der Waals surface area (Å²) in [6.07, 6.45) is 2.87. The molecule has 9 nitrogen and oxygen atoms in total.